The Bertz CT molecular complexity index is 1850. The Labute approximate surface area is 235 Å². The molecule has 2 heterocycles. The number of nitrogens with zero attached hydrogens (tertiary/aromatic N) is 1. The summed E-state index contributed by atoms with van der Waals surface area (Å²) in [6.45, 7) is 12.6. The molecule has 0 spiro atoms. The second kappa shape index (κ2) is 10.6. The van der Waals surface area contributed by atoms with E-state index in [0.29, 0.717) is 11.2 Å². The molecule has 2 heteroatoms. The Morgan fingerprint density at radius 3 is 2.77 bits per heavy atom. The van der Waals surface area contributed by atoms with Gasteiger partial charge in [-0.15, -0.1) is 11.8 Å². The van der Waals surface area contributed by atoms with Crippen LogP contribution in [0.1, 0.15) is 36.5 Å². The summed E-state index contributed by atoms with van der Waals surface area (Å²) in [5, 5.41) is 3.60. The molecule has 1 aliphatic carbocycles. The molecule has 0 amide bonds. The van der Waals surface area contributed by atoms with E-state index >= 15 is 0 Å². The molecule has 0 N–H and O–H groups in total. The van der Waals surface area contributed by atoms with E-state index in [0.717, 1.165) is 26.9 Å². The van der Waals surface area contributed by atoms with Crippen LogP contribution in [0.2, 0.25) is 0 Å². The lowest BCUT2D eigenvalue weighted by Gasteiger charge is -2.21. The molecule has 0 saturated carbocycles. The molecule has 190 valence electrons. The standard InChI is InChI=1S/C37H31NS/c1-5-9-28-16-18-31(22-26(28)6-2)32-11-7-12-35-36(32)33-23-30(19-20-34(33)39-35)24(3)13-14-27-15-17-29-10-8-21-38-37(29)25(27)4/h5-23,33-34H,2,4H2,1,3H3/b9-5-,24-13+,27-14-. The van der Waals surface area contributed by atoms with Gasteiger partial charge in [-0.05, 0) is 76.2 Å². The SMILES string of the molecule is C=Cc1cc(-c2cccc3c2C2C=C(/C(C)=C/C=c4/ccc5cccnc5c4=C)C=CC2S3)ccc1/C=C\C. The molecule has 0 saturated heterocycles. The molecule has 4 aromatic rings. The van der Waals surface area contributed by atoms with Gasteiger partial charge in [0.1, 0.15) is 0 Å². The number of hydrogen-bond donors (Lipinski definition) is 0. The number of hydrogen-bond acceptors (Lipinski definition) is 2. The molecule has 1 aliphatic heterocycles. The third-order valence-electron chi connectivity index (χ3n) is 7.69. The highest BCUT2D eigenvalue weighted by Gasteiger charge is 2.34. The minimum Gasteiger partial charge on any atom is -0.256 e. The number of benzene rings is 3. The van der Waals surface area contributed by atoms with Crippen molar-refractivity contribution < 1.29 is 0 Å². The van der Waals surface area contributed by atoms with Gasteiger partial charge in [-0.25, -0.2) is 0 Å². The Hall–Kier alpha value is -4.14. The Kier molecular flexibility index (Phi) is 6.81. The van der Waals surface area contributed by atoms with Crippen molar-refractivity contribution in [1.82, 2.24) is 4.98 Å². The summed E-state index contributed by atoms with van der Waals surface area (Å²) in [6.07, 6.45) is 19.5. The molecule has 1 aromatic heterocycles. The van der Waals surface area contributed by atoms with Crippen LogP contribution in [-0.2, 0) is 0 Å². The van der Waals surface area contributed by atoms with Crippen molar-refractivity contribution >= 4 is 47.5 Å². The van der Waals surface area contributed by atoms with Gasteiger partial charge < -0.3 is 0 Å². The lowest BCUT2D eigenvalue weighted by atomic mass is 9.83. The van der Waals surface area contributed by atoms with Gasteiger partial charge in [-0.1, -0.05) is 104 Å². The summed E-state index contributed by atoms with van der Waals surface area (Å²) in [5.41, 5.74) is 9.82. The number of rotatable bonds is 5. The smallest absolute Gasteiger partial charge is 0.0774 e. The first-order valence-corrected chi connectivity index (χ1v) is 14.3. The van der Waals surface area contributed by atoms with Crippen molar-refractivity contribution in [2.24, 2.45) is 0 Å². The van der Waals surface area contributed by atoms with E-state index in [1.165, 1.54) is 38.3 Å². The van der Waals surface area contributed by atoms with Gasteiger partial charge in [-0.2, -0.15) is 0 Å². The average Bonchev–Trinajstić information content (AvgIpc) is 3.35. The van der Waals surface area contributed by atoms with Crippen molar-refractivity contribution in [3.63, 3.8) is 0 Å². The zero-order valence-electron chi connectivity index (χ0n) is 22.4. The molecular weight excluding hydrogens is 490 g/mol. The second-order valence-corrected chi connectivity index (χ2v) is 11.3. The van der Waals surface area contributed by atoms with Gasteiger partial charge in [0, 0.05) is 32.9 Å². The highest BCUT2D eigenvalue weighted by Crippen LogP contribution is 2.52. The fourth-order valence-corrected chi connectivity index (χ4v) is 6.95. The quantitative estimate of drug-likeness (QED) is 0.261. The average molecular weight is 522 g/mol. The van der Waals surface area contributed by atoms with Crippen LogP contribution in [0.5, 0.6) is 0 Å². The van der Waals surface area contributed by atoms with Crippen LogP contribution in [0.15, 0.2) is 120 Å². The monoisotopic (exact) mass is 521 g/mol. The van der Waals surface area contributed by atoms with E-state index < -0.39 is 0 Å². The topological polar surface area (TPSA) is 12.9 Å². The maximum absolute atomic E-state index is 4.54. The van der Waals surface area contributed by atoms with Gasteiger partial charge in [0.15, 0.2) is 0 Å². The first kappa shape index (κ1) is 25.2. The molecule has 2 unspecified atom stereocenters. The molecule has 2 atom stereocenters. The third-order valence-corrected chi connectivity index (χ3v) is 9.02. The highest BCUT2D eigenvalue weighted by molar-refractivity contribution is 8.00. The zero-order chi connectivity index (χ0) is 26.9. The van der Waals surface area contributed by atoms with Gasteiger partial charge in [0.2, 0.25) is 0 Å². The normalized spacial score (nSPS) is 18.9. The number of fused-ring (bicyclic) bond motifs is 4. The third kappa shape index (κ3) is 4.66. The van der Waals surface area contributed by atoms with Crippen LogP contribution in [0.25, 0.3) is 46.8 Å². The lowest BCUT2D eigenvalue weighted by Crippen LogP contribution is -2.23. The summed E-state index contributed by atoms with van der Waals surface area (Å²) in [7, 11) is 0. The molecule has 39 heavy (non-hydrogen) atoms. The van der Waals surface area contributed by atoms with E-state index in [-0.39, 0.29) is 0 Å². The predicted molar refractivity (Wildman–Crippen MR) is 171 cm³/mol. The largest absolute Gasteiger partial charge is 0.256 e. The highest BCUT2D eigenvalue weighted by atomic mass is 32.2. The minimum atomic E-state index is 0.334. The van der Waals surface area contributed by atoms with E-state index in [1.807, 2.05) is 37.0 Å². The van der Waals surface area contributed by atoms with Crippen LogP contribution >= 0.6 is 11.8 Å². The summed E-state index contributed by atoms with van der Waals surface area (Å²) in [5.74, 6) is 0.334. The summed E-state index contributed by atoms with van der Waals surface area (Å²) in [4.78, 5) is 5.91. The van der Waals surface area contributed by atoms with Gasteiger partial charge >= 0.3 is 0 Å². The van der Waals surface area contributed by atoms with E-state index in [1.54, 1.807) is 0 Å². The fourth-order valence-electron chi connectivity index (χ4n) is 5.61. The molecular formula is C37H31NS. The summed E-state index contributed by atoms with van der Waals surface area (Å²) >= 11 is 1.97. The molecule has 3 aromatic carbocycles. The van der Waals surface area contributed by atoms with Crippen molar-refractivity contribution in [2.45, 2.75) is 29.9 Å². The Morgan fingerprint density at radius 1 is 1.03 bits per heavy atom. The molecule has 6 rings (SSSR count). The van der Waals surface area contributed by atoms with Crippen LogP contribution in [0.4, 0.5) is 0 Å². The first-order chi connectivity index (χ1) is 19.1. The minimum absolute atomic E-state index is 0.334. The molecule has 1 nitrogen and oxygen atoms in total. The van der Waals surface area contributed by atoms with E-state index in [9.17, 15) is 0 Å². The van der Waals surface area contributed by atoms with E-state index in [4.69, 9.17) is 0 Å². The first-order valence-electron chi connectivity index (χ1n) is 13.4. The number of aromatic nitrogens is 1. The van der Waals surface area contributed by atoms with Crippen LogP contribution in [-0.4, -0.2) is 10.2 Å². The van der Waals surface area contributed by atoms with Crippen molar-refractivity contribution in [1.29, 1.82) is 0 Å². The van der Waals surface area contributed by atoms with Gasteiger partial charge in [0.05, 0.1) is 5.52 Å². The summed E-state index contributed by atoms with van der Waals surface area (Å²) < 4.78 is 0. The fraction of sp³-hybridized carbons (Fsp3) is 0.108. The molecule has 0 radical (unpaired) electrons. The lowest BCUT2D eigenvalue weighted by molar-refractivity contribution is 0.873. The number of allylic oxidation sites excluding steroid dienone is 6. The van der Waals surface area contributed by atoms with E-state index in [2.05, 4.69) is 122 Å². The molecule has 2 aliphatic rings. The van der Waals surface area contributed by atoms with Crippen molar-refractivity contribution in [2.75, 3.05) is 0 Å². The van der Waals surface area contributed by atoms with Gasteiger partial charge in [0.25, 0.3) is 0 Å². The van der Waals surface area contributed by atoms with Crippen molar-refractivity contribution in [3.8, 4) is 11.1 Å². The van der Waals surface area contributed by atoms with Crippen LogP contribution < -0.4 is 10.4 Å². The molecule has 0 fully saturated rings. The Morgan fingerprint density at radius 2 is 1.92 bits per heavy atom. The van der Waals surface area contributed by atoms with Crippen LogP contribution in [0, 0.1) is 0 Å². The molecule has 0 bridgehead atoms. The van der Waals surface area contributed by atoms with Crippen molar-refractivity contribution in [3.05, 3.63) is 142 Å². The number of thioether (sulfide) groups is 1. The summed E-state index contributed by atoms with van der Waals surface area (Å²) in [6, 6.07) is 21.7. The van der Waals surface area contributed by atoms with Gasteiger partial charge in [-0.3, -0.25) is 4.98 Å². The second-order valence-electron chi connectivity index (χ2n) is 10.1. The maximum atomic E-state index is 4.54. The number of pyridine rings is 1. The predicted octanol–water partition coefficient (Wildman–Crippen LogP) is 8.47. The maximum Gasteiger partial charge on any atom is 0.0774 e. The Balaban J connectivity index is 1.38. The van der Waals surface area contributed by atoms with Crippen LogP contribution in [0.3, 0.4) is 0 Å². The zero-order valence-corrected chi connectivity index (χ0v) is 23.2.